The van der Waals surface area contributed by atoms with Crippen molar-refractivity contribution in [2.24, 2.45) is 5.92 Å². The van der Waals surface area contributed by atoms with Crippen LogP contribution in [0.2, 0.25) is 0 Å². The fourth-order valence-corrected chi connectivity index (χ4v) is 3.20. The van der Waals surface area contributed by atoms with Gasteiger partial charge in [0.15, 0.2) is 5.65 Å². The number of hydrogen-bond acceptors (Lipinski definition) is 7. The Balaban J connectivity index is 1.82. The van der Waals surface area contributed by atoms with Crippen LogP contribution in [-0.4, -0.2) is 39.3 Å². The smallest absolute Gasteiger partial charge is 0.320 e. The van der Waals surface area contributed by atoms with Crippen LogP contribution in [0.4, 0.5) is 5.82 Å². The number of hydrogen-bond donors (Lipinski definition) is 2. The fourth-order valence-electron chi connectivity index (χ4n) is 2.72. The summed E-state index contributed by atoms with van der Waals surface area (Å²) in [4.78, 5) is 8.83. The van der Waals surface area contributed by atoms with Crippen LogP contribution in [0.25, 0.3) is 11.0 Å². The summed E-state index contributed by atoms with van der Waals surface area (Å²) in [5, 5.41) is 8.36. The molecular weight excluding hydrogens is 394 g/mol. The van der Waals surface area contributed by atoms with E-state index in [1.165, 1.54) is 12.1 Å². The molecule has 2 heterocycles. The number of fused-ring (bicyclic) bond motifs is 1. The van der Waals surface area contributed by atoms with Crippen molar-refractivity contribution in [1.29, 1.82) is 0 Å². The molecule has 0 aliphatic rings. The van der Waals surface area contributed by atoms with Crippen LogP contribution in [0.15, 0.2) is 35.4 Å². The van der Waals surface area contributed by atoms with Crippen LogP contribution in [0.1, 0.15) is 32.8 Å². The van der Waals surface area contributed by atoms with E-state index in [1.807, 2.05) is 6.92 Å². The van der Waals surface area contributed by atoms with E-state index in [2.05, 4.69) is 34.2 Å². The van der Waals surface area contributed by atoms with Crippen LogP contribution in [-0.2, 0) is 23.2 Å². The molecule has 0 saturated carbocycles. The van der Waals surface area contributed by atoms with Gasteiger partial charge in [-0.1, -0.05) is 26.0 Å². The van der Waals surface area contributed by atoms with Gasteiger partial charge >= 0.3 is 6.01 Å². The summed E-state index contributed by atoms with van der Waals surface area (Å²) in [5.41, 5.74) is 1.51. The zero-order valence-corrected chi connectivity index (χ0v) is 17.5. The number of nitrogens with one attached hydrogen (secondary N) is 1. The topological polar surface area (TPSA) is 119 Å². The van der Waals surface area contributed by atoms with Crippen LogP contribution in [0.3, 0.4) is 0 Å². The second kappa shape index (κ2) is 8.75. The Bertz CT molecular complexity index is 1080. The van der Waals surface area contributed by atoms with Gasteiger partial charge < -0.3 is 10.1 Å². The first kappa shape index (κ1) is 21.0. The molecule has 0 atom stereocenters. The molecule has 0 saturated heterocycles. The predicted molar refractivity (Wildman–Crippen MR) is 110 cm³/mol. The SMILES string of the molecule is CCn1ncc2c(NCc3ccc(S(=O)(=O)O)cc3)nc(OCCC(C)C)nc21. The average molecular weight is 420 g/mol. The summed E-state index contributed by atoms with van der Waals surface area (Å²) in [6.45, 7) is 7.83. The van der Waals surface area contributed by atoms with Gasteiger partial charge in [0.25, 0.3) is 10.1 Å². The minimum atomic E-state index is -4.20. The summed E-state index contributed by atoms with van der Waals surface area (Å²) in [7, 11) is -4.20. The quantitative estimate of drug-likeness (QED) is 0.508. The monoisotopic (exact) mass is 419 g/mol. The van der Waals surface area contributed by atoms with Gasteiger partial charge in [-0.25, -0.2) is 4.68 Å². The molecule has 0 aliphatic carbocycles. The van der Waals surface area contributed by atoms with E-state index in [4.69, 9.17) is 9.29 Å². The summed E-state index contributed by atoms with van der Waals surface area (Å²) in [5.74, 6) is 1.11. The maximum Gasteiger partial charge on any atom is 0.320 e. The van der Waals surface area contributed by atoms with Crippen LogP contribution < -0.4 is 10.1 Å². The number of aryl methyl sites for hydroxylation is 1. The molecule has 9 nitrogen and oxygen atoms in total. The number of benzene rings is 1. The molecule has 0 bridgehead atoms. The van der Waals surface area contributed by atoms with Gasteiger partial charge in [0.2, 0.25) is 0 Å². The van der Waals surface area contributed by atoms with Crippen LogP contribution >= 0.6 is 0 Å². The number of rotatable bonds is 9. The van der Waals surface area contributed by atoms with E-state index in [0.29, 0.717) is 37.1 Å². The van der Waals surface area contributed by atoms with Gasteiger partial charge in [0, 0.05) is 13.1 Å². The molecule has 2 N–H and O–H groups in total. The van der Waals surface area contributed by atoms with Crippen LogP contribution in [0, 0.1) is 5.92 Å². The third-order valence-corrected chi connectivity index (χ3v) is 5.25. The Hall–Kier alpha value is -2.72. The molecule has 0 fully saturated rings. The third kappa shape index (κ3) is 5.21. The van der Waals surface area contributed by atoms with Crippen molar-refractivity contribution in [3.8, 4) is 6.01 Å². The largest absolute Gasteiger partial charge is 0.463 e. The van der Waals surface area contributed by atoms with Gasteiger partial charge in [-0.05, 0) is 37.0 Å². The summed E-state index contributed by atoms with van der Waals surface area (Å²) in [6.07, 6.45) is 2.61. The molecule has 0 unspecified atom stereocenters. The van der Waals surface area contributed by atoms with E-state index in [-0.39, 0.29) is 10.9 Å². The van der Waals surface area contributed by atoms with Gasteiger partial charge in [0.05, 0.1) is 23.1 Å². The standard InChI is InChI=1S/C19H25N5O4S/c1-4-24-18-16(12-21-24)17(22-19(23-18)28-10-9-13(2)3)20-11-14-5-7-15(8-6-14)29(25,26)27/h5-8,12-13H,4,9-11H2,1-3H3,(H,20,22,23)(H,25,26,27). The Labute approximate surface area is 169 Å². The predicted octanol–water partition coefficient (Wildman–Crippen LogP) is 3.13. The van der Waals surface area contributed by atoms with E-state index in [9.17, 15) is 8.42 Å². The second-order valence-corrected chi connectivity index (χ2v) is 8.48. The molecule has 2 aromatic heterocycles. The Kier molecular flexibility index (Phi) is 6.33. The highest BCUT2D eigenvalue weighted by Gasteiger charge is 2.14. The number of ether oxygens (including phenoxy) is 1. The molecule has 10 heteroatoms. The summed E-state index contributed by atoms with van der Waals surface area (Å²) < 4.78 is 38.9. The Morgan fingerprint density at radius 1 is 1.21 bits per heavy atom. The number of anilines is 1. The van der Waals surface area contributed by atoms with E-state index in [1.54, 1.807) is 23.0 Å². The summed E-state index contributed by atoms with van der Waals surface area (Å²) in [6, 6.07) is 6.26. The van der Waals surface area contributed by atoms with E-state index < -0.39 is 10.1 Å². The molecule has 0 amide bonds. The maximum atomic E-state index is 11.2. The highest BCUT2D eigenvalue weighted by Crippen LogP contribution is 2.24. The molecule has 3 rings (SSSR count). The van der Waals surface area contributed by atoms with Crippen molar-refractivity contribution in [2.45, 2.75) is 45.2 Å². The molecule has 0 radical (unpaired) electrons. The average Bonchev–Trinajstić information content (AvgIpc) is 3.08. The number of nitrogens with zero attached hydrogens (tertiary/aromatic N) is 4. The van der Waals surface area contributed by atoms with Crippen molar-refractivity contribution in [3.63, 3.8) is 0 Å². The maximum absolute atomic E-state index is 11.2. The minimum Gasteiger partial charge on any atom is -0.463 e. The molecule has 1 aromatic carbocycles. The lowest BCUT2D eigenvalue weighted by atomic mass is 10.1. The molecule has 0 spiro atoms. The van der Waals surface area contributed by atoms with Crippen LogP contribution in [0.5, 0.6) is 6.01 Å². The van der Waals surface area contributed by atoms with E-state index in [0.717, 1.165) is 17.4 Å². The highest BCUT2D eigenvalue weighted by molar-refractivity contribution is 7.85. The molecule has 156 valence electrons. The Morgan fingerprint density at radius 2 is 1.93 bits per heavy atom. The van der Waals surface area contributed by atoms with Crippen molar-refractivity contribution < 1.29 is 17.7 Å². The molecule has 29 heavy (non-hydrogen) atoms. The van der Waals surface area contributed by atoms with Gasteiger partial charge in [-0.15, -0.1) is 0 Å². The molecule has 3 aromatic rings. The molecular formula is C19H25N5O4S. The first-order valence-corrected chi connectivity index (χ1v) is 10.9. The minimum absolute atomic E-state index is 0.143. The van der Waals surface area contributed by atoms with Crippen molar-refractivity contribution in [3.05, 3.63) is 36.0 Å². The van der Waals surface area contributed by atoms with Gasteiger partial charge in [0.1, 0.15) is 5.82 Å². The van der Waals surface area contributed by atoms with Gasteiger partial charge in [-0.3, -0.25) is 4.55 Å². The molecule has 0 aliphatic heterocycles. The lowest BCUT2D eigenvalue weighted by Gasteiger charge is -2.11. The lowest BCUT2D eigenvalue weighted by Crippen LogP contribution is -2.08. The summed E-state index contributed by atoms with van der Waals surface area (Å²) >= 11 is 0. The second-order valence-electron chi connectivity index (χ2n) is 7.06. The van der Waals surface area contributed by atoms with Crippen molar-refractivity contribution in [1.82, 2.24) is 19.7 Å². The third-order valence-electron chi connectivity index (χ3n) is 4.38. The fraction of sp³-hybridized carbons (Fsp3) is 0.421. The Morgan fingerprint density at radius 3 is 2.55 bits per heavy atom. The zero-order valence-electron chi connectivity index (χ0n) is 16.7. The highest BCUT2D eigenvalue weighted by atomic mass is 32.2. The van der Waals surface area contributed by atoms with Crippen molar-refractivity contribution >= 4 is 27.0 Å². The number of aromatic nitrogens is 4. The van der Waals surface area contributed by atoms with Crippen molar-refractivity contribution in [2.75, 3.05) is 11.9 Å². The first-order chi connectivity index (χ1) is 13.8. The first-order valence-electron chi connectivity index (χ1n) is 9.44. The lowest BCUT2D eigenvalue weighted by molar-refractivity contribution is 0.269. The normalized spacial score (nSPS) is 11.9. The van der Waals surface area contributed by atoms with E-state index >= 15 is 0 Å². The van der Waals surface area contributed by atoms with Gasteiger partial charge in [-0.2, -0.15) is 23.5 Å². The zero-order chi connectivity index (χ0) is 21.0.